The molecule has 0 atom stereocenters. The molecule has 0 unspecified atom stereocenters. The molecule has 3 heterocycles. The molecule has 6 fully saturated rings. The van der Waals surface area contributed by atoms with Gasteiger partial charge in [-0.2, -0.15) is 0 Å². The number of ether oxygens (including phenoxy) is 2. The van der Waals surface area contributed by atoms with Crippen LogP contribution in [-0.4, -0.2) is 107 Å². The van der Waals surface area contributed by atoms with Gasteiger partial charge in [0.2, 0.25) is 0 Å². The van der Waals surface area contributed by atoms with Crippen LogP contribution in [0.3, 0.4) is 0 Å². The van der Waals surface area contributed by atoms with Crippen LogP contribution in [0.2, 0.25) is 0 Å². The summed E-state index contributed by atoms with van der Waals surface area (Å²) in [5, 5.41) is 9.15. The molecule has 0 aromatic rings. The van der Waals surface area contributed by atoms with Crippen molar-refractivity contribution in [2.45, 2.75) is 232 Å². The van der Waals surface area contributed by atoms with Crippen molar-refractivity contribution in [3.8, 4) is 0 Å². The molecule has 2 amide bonds. The van der Waals surface area contributed by atoms with Crippen molar-refractivity contribution < 1.29 is 37.1 Å². The second-order valence-corrected chi connectivity index (χ2v) is 38.3. The number of piperidine rings is 3. The average molecular weight is 1210 g/mol. The SMILES string of the molecule is CC(C)(C)OC(=O)NC1CCNCC1.CC1CCC(=O)CC1.CC1CCC(C)(N2CCC(N)CC2)CC1.CC1CCC(C)(N2CCC(NC(=O)OC(C)(C)C)CC2)CC1.I[I-]I. The van der Waals surface area contributed by atoms with Gasteiger partial charge in [0.25, 0.3) is 0 Å². The van der Waals surface area contributed by atoms with Crippen LogP contribution < -0.4 is 34.9 Å². The van der Waals surface area contributed by atoms with E-state index in [4.69, 9.17) is 15.2 Å². The van der Waals surface area contributed by atoms with Gasteiger partial charge in [-0.1, -0.05) is 20.8 Å². The normalized spacial score (nSPS) is 28.8. The molecule has 5 N–H and O–H groups in total. The predicted octanol–water partition coefficient (Wildman–Crippen LogP) is 8.13. The molecule has 3 aliphatic carbocycles. The van der Waals surface area contributed by atoms with Crippen molar-refractivity contribution in [2.75, 3.05) is 39.3 Å². The second kappa shape index (κ2) is 29.2. The summed E-state index contributed by atoms with van der Waals surface area (Å²) >= 11 is 5.30. The summed E-state index contributed by atoms with van der Waals surface area (Å²) < 4.78 is 10.5. The minimum absolute atomic E-state index is 0.261. The molecule has 6 rings (SSSR count). The van der Waals surface area contributed by atoms with E-state index in [1.807, 2.05) is 41.5 Å². The summed E-state index contributed by atoms with van der Waals surface area (Å²) in [4.78, 5) is 39.2. The zero-order valence-corrected chi connectivity index (χ0v) is 47.6. The van der Waals surface area contributed by atoms with Gasteiger partial charge >= 0.3 is 62.7 Å². The number of nitrogens with zero attached hydrogens (tertiary/aromatic N) is 2. The molecule has 0 aromatic carbocycles. The Labute approximate surface area is 409 Å². The first-order valence-electron chi connectivity index (χ1n) is 24.3. The first kappa shape index (κ1) is 58.4. The van der Waals surface area contributed by atoms with Crippen LogP contribution in [0.25, 0.3) is 0 Å². The molecule has 0 aromatic heterocycles. The topological polar surface area (TPSA) is 138 Å². The van der Waals surface area contributed by atoms with Gasteiger partial charge in [-0.15, -0.1) is 0 Å². The second-order valence-electron chi connectivity index (χ2n) is 22.0. The summed E-state index contributed by atoms with van der Waals surface area (Å²) in [7, 11) is 0. The maximum absolute atomic E-state index is 11.9. The summed E-state index contributed by atoms with van der Waals surface area (Å²) in [5.41, 5.74) is 6.01. The summed E-state index contributed by atoms with van der Waals surface area (Å²) in [6.45, 7) is 29.8. The number of likely N-dealkylation sites (tertiary alicyclic amines) is 2. The Morgan fingerprint density at radius 2 is 0.952 bits per heavy atom. The third-order valence-electron chi connectivity index (χ3n) is 13.9. The van der Waals surface area contributed by atoms with Crippen LogP contribution in [0.1, 0.15) is 192 Å². The van der Waals surface area contributed by atoms with Crippen molar-refractivity contribution >= 4 is 55.2 Å². The molecule has 3 aliphatic heterocycles. The number of halogens is 3. The molecule has 0 bridgehead atoms. The number of hydrogen-bond donors (Lipinski definition) is 4. The number of carbonyl (C=O) groups is 3. The molecule has 62 heavy (non-hydrogen) atoms. The molecule has 6 aliphatic rings. The summed E-state index contributed by atoms with van der Waals surface area (Å²) in [6.07, 6.45) is 20.7. The maximum atomic E-state index is 11.9. The minimum atomic E-state index is -0.420. The zero-order chi connectivity index (χ0) is 46.6. The fourth-order valence-electron chi connectivity index (χ4n) is 9.40. The van der Waals surface area contributed by atoms with Crippen LogP contribution in [0.15, 0.2) is 0 Å². The van der Waals surface area contributed by atoms with Crippen LogP contribution in [-0.2, 0) is 14.3 Å². The average Bonchev–Trinajstić information content (AvgIpc) is 3.19. The summed E-state index contributed by atoms with van der Waals surface area (Å²) in [5.74, 6) is 3.10. The first-order chi connectivity index (χ1) is 29.0. The number of amides is 2. The Morgan fingerprint density at radius 3 is 1.29 bits per heavy atom. The molecule has 3 saturated heterocycles. The number of alkyl carbamates (subject to hydrolysis) is 2. The Bertz CT molecular complexity index is 1250. The van der Waals surface area contributed by atoms with E-state index in [9.17, 15) is 14.4 Å². The molecule has 14 heteroatoms. The van der Waals surface area contributed by atoms with Crippen molar-refractivity contribution in [3.05, 3.63) is 0 Å². The van der Waals surface area contributed by atoms with Gasteiger partial charge in [-0.25, -0.2) is 9.59 Å². The van der Waals surface area contributed by atoms with E-state index < -0.39 is 11.2 Å². The molecule has 11 nitrogen and oxygen atoms in total. The van der Waals surface area contributed by atoms with E-state index in [1.54, 1.807) is 0 Å². The zero-order valence-electron chi connectivity index (χ0n) is 41.1. The van der Waals surface area contributed by atoms with E-state index in [0.717, 1.165) is 95.3 Å². The Kier molecular flexibility index (Phi) is 27.5. The third-order valence-corrected chi connectivity index (χ3v) is 13.9. The molecule has 0 radical (unpaired) electrons. The molecule has 0 spiro atoms. The fraction of sp³-hybridized carbons (Fsp3) is 0.938. The van der Waals surface area contributed by atoms with Gasteiger partial charge in [0.05, 0.1) is 0 Å². The van der Waals surface area contributed by atoms with E-state index in [0.29, 0.717) is 36.2 Å². The van der Waals surface area contributed by atoms with Crippen LogP contribution >= 0.6 is 37.2 Å². The van der Waals surface area contributed by atoms with E-state index >= 15 is 0 Å². The predicted molar refractivity (Wildman–Crippen MR) is 271 cm³/mol. The number of nitrogens with one attached hydrogen (secondary N) is 3. The van der Waals surface area contributed by atoms with Gasteiger partial charge in [0.15, 0.2) is 0 Å². The number of ketones is 1. The number of rotatable bonds is 4. The Balaban J connectivity index is 0.000000292. The third kappa shape index (κ3) is 24.8. The molecule has 366 valence electrons. The van der Waals surface area contributed by atoms with Gasteiger partial charge in [0, 0.05) is 68.2 Å². The molecular weight excluding hydrogens is 1120 g/mol. The summed E-state index contributed by atoms with van der Waals surface area (Å²) in [6, 6.07) is 0.996. The monoisotopic (exact) mass is 1210 g/mol. The standard InChI is InChI=1S/C18H34N2O2.C13H26N2.C10H20N2O2.C7H12O.I3/c1-14-6-10-18(5,11-7-14)20-12-8-15(9-13-20)19-16(21)22-17(2,3)4;1-11-3-7-13(2,8-4-11)15-9-5-12(14)6-10-15;1-10(2,3)14-9(13)12-8-4-6-11-7-5-8;1-6-2-4-7(8)5-3-6;1-3-2/h14-15H,6-13H2,1-5H3,(H,19,21);11-12H,3-10,14H2,1-2H3;8,11H,4-7H2,1-3H3,(H,12,13);6H,2-5H2,1H3;/q;;;;-1. The van der Waals surface area contributed by atoms with Crippen LogP contribution in [0.5, 0.6) is 0 Å². The molecule has 3 saturated carbocycles. The number of Topliss-reactive ketones (excluding diaryl/α,β-unsaturated/α-hetero) is 1. The fourth-order valence-corrected chi connectivity index (χ4v) is 9.40. The number of carbonyl (C=O) groups excluding carboxylic acids is 3. The van der Waals surface area contributed by atoms with E-state index in [-0.39, 0.29) is 24.3 Å². The van der Waals surface area contributed by atoms with E-state index in [2.05, 4.69) is 97.6 Å². The van der Waals surface area contributed by atoms with Gasteiger partial charge in [-0.05, 0) is 189 Å². The van der Waals surface area contributed by atoms with E-state index in [1.165, 1.54) is 77.3 Å². The van der Waals surface area contributed by atoms with Crippen molar-refractivity contribution in [1.82, 2.24) is 25.8 Å². The molecular formula is C48H92I3N6O5-. The Morgan fingerprint density at radius 1 is 0.629 bits per heavy atom. The van der Waals surface area contributed by atoms with Gasteiger partial charge < -0.3 is 31.2 Å². The first-order valence-corrected chi connectivity index (χ1v) is 36.9. The Hall–Kier alpha value is 0.240. The van der Waals surface area contributed by atoms with Crippen molar-refractivity contribution in [3.63, 3.8) is 0 Å². The quantitative estimate of drug-likeness (QED) is 0.206. The van der Waals surface area contributed by atoms with Crippen LogP contribution in [0.4, 0.5) is 9.59 Å². The van der Waals surface area contributed by atoms with Crippen molar-refractivity contribution in [2.24, 2.45) is 23.5 Å². The van der Waals surface area contributed by atoms with Crippen molar-refractivity contribution in [1.29, 1.82) is 0 Å². The van der Waals surface area contributed by atoms with Gasteiger partial charge in [0.1, 0.15) is 17.0 Å². The van der Waals surface area contributed by atoms with Gasteiger partial charge in [-0.3, -0.25) is 14.6 Å². The number of hydrogen-bond acceptors (Lipinski definition) is 9. The number of nitrogens with two attached hydrogens (primary N) is 1. The van der Waals surface area contributed by atoms with Crippen LogP contribution in [0, 0.1) is 17.8 Å².